The van der Waals surface area contributed by atoms with E-state index in [4.69, 9.17) is 0 Å². The molecule has 0 aliphatic carbocycles. The van der Waals surface area contributed by atoms with Crippen molar-refractivity contribution in [3.05, 3.63) is 29.3 Å². The molecule has 0 saturated carbocycles. The summed E-state index contributed by atoms with van der Waals surface area (Å²) < 4.78 is 0. The second kappa shape index (κ2) is 8.91. The van der Waals surface area contributed by atoms with Gasteiger partial charge in [0, 0.05) is 24.0 Å². The van der Waals surface area contributed by atoms with E-state index in [1.54, 1.807) is 0 Å². The van der Waals surface area contributed by atoms with E-state index in [0.29, 0.717) is 18.2 Å². The van der Waals surface area contributed by atoms with Gasteiger partial charge in [-0.1, -0.05) is 12.1 Å². The third-order valence-corrected chi connectivity index (χ3v) is 6.83. The number of carbonyl (C=O) groups is 2. The van der Waals surface area contributed by atoms with Crippen LogP contribution in [0.15, 0.2) is 18.2 Å². The van der Waals surface area contributed by atoms with Crippen LogP contribution in [-0.4, -0.2) is 53.9 Å². The van der Waals surface area contributed by atoms with E-state index in [0.717, 1.165) is 43.1 Å². The third-order valence-electron chi connectivity index (χ3n) is 5.68. The van der Waals surface area contributed by atoms with Gasteiger partial charge < -0.3 is 10.6 Å². The molecule has 5 nitrogen and oxygen atoms in total. The predicted octanol–water partition coefficient (Wildman–Crippen LogP) is 2.58. The Morgan fingerprint density at radius 3 is 2.62 bits per heavy atom. The van der Waals surface area contributed by atoms with Crippen molar-refractivity contribution in [2.75, 3.05) is 36.5 Å². The Labute approximate surface area is 160 Å². The molecule has 0 bridgehead atoms. The summed E-state index contributed by atoms with van der Waals surface area (Å²) in [6, 6.07) is 6.44. The summed E-state index contributed by atoms with van der Waals surface area (Å²) in [6.45, 7) is 6.74. The average molecular weight is 376 g/mol. The van der Waals surface area contributed by atoms with Crippen LogP contribution in [0.1, 0.15) is 30.4 Å². The second-order valence-electron chi connectivity index (χ2n) is 7.41. The Hall–Kier alpha value is -1.53. The molecule has 2 aliphatic heterocycles. The number of benzene rings is 1. The molecule has 1 aromatic carbocycles. The number of amides is 2. The summed E-state index contributed by atoms with van der Waals surface area (Å²) in [4.78, 5) is 26.9. The zero-order valence-electron chi connectivity index (χ0n) is 15.7. The second-order valence-corrected chi connectivity index (χ2v) is 8.56. The quantitative estimate of drug-likeness (QED) is 0.794. The minimum Gasteiger partial charge on any atom is -0.348 e. The first-order chi connectivity index (χ1) is 12.5. The number of aryl methyl sites for hydroxylation is 1. The highest BCUT2D eigenvalue weighted by atomic mass is 32.2. The highest BCUT2D eigenvalue weighted by Gasteiger charge is 2.27. The van der Waals surface area contributed by atoms with Gasteiger partial charge in [0.1, 0.15) is 0 Å². The number of rotatable bonds is 4. The molecule has 26 heavy (non-hydrogen) atoms. The fraction of sp³-hybridized carbons (Fsp3) is 0.600. The number of likely N-dealkylation sites (tertiary alicyclic amines) is 1. The first-order valence-electron chi connectivity index (χ1n) is 9.52. The largest absolute Gasteiger partial charge is 0.348 e. The zero-order chi connectivity index (χ0) is 18.5. The summed E-state index contributed by atoms with van der Waals surface area (Å²) in [5.74, 6) is 1.90. The van der Waals surface area contributed by atoms with Gasteiger partial charge in [0.25, 0.3) is 0 Å². The number of anilines is 1. The fourth-order valence-electron chi connectivity index (χ4n) is 3.72. The molecular weight excluding hydrogens is 346 g/mol. The molecule has 2 fully saturated rings. The van der Waals surface area contributed by atoms with Crippen LogP contribution in [0.3, 0.4) is 0 Å². The van der Waals surface area contributed by atoms with Gasteiger partial charge in [-0.05, 0) is 75.1 Å². The minimum absolute atomic E-state index is 0.470. The normalized spacial score (nSPS) is 21.5. The van der Waals surface area contributed by atoms with Crippen LogP contribution in [0.4, 0.5) is 5.69 Å². The maximum atomic E-state index is 12.1. The molecule has 0 spiro atoms. The van der Waals surface area contributed by atoms with E-state index < -0.39 is 11.8 Å². The number of piperidine rings is 1. The SMILES string of the molecule is Cc1cccc(NC(=O)C(=O)NCC2CCN(C3CCSC3)CC2)c1C. The molecule has 2 amide bonds. The van der Waals surface area contributed by atoms with E-state index in [2.05, 4.69) is 27.3 Å². The molecule has 1 unspecified atom stereocenters. The molecule has 3 rings (SSSR count). The highest BCUT2D eigenvalue weighted by Crippen LogP contribution is 2.26. The van der Waals surface area contributed by atoms with E-state index >= 15 is 0 Å². The number of hydrogen-bond donors (Lipinski definition) is 2. The first-order valence-corrected chi connectivity index (χ1v) is 10.7. The zero-order valence-corrected chi connectivity index (χ0v) is 16.5. The van der Waals surface area contributed by atoms with E-state index in [1.165, 1.54) is 17.9 Å². The van der Waals surface area contributed by atoms with Gasteiger partial charge in [-0.15, -0.1) is 0 Å². The maximum Gasteiger partial charge on any atom is 0.313 e. The van der Waals surface area contributed by atoms with Crippen molar-refractivity contribution < 1.29 is 9.59 Å². The summed E-state index contributed by atoms with van der Waals surface area (Å²) >= 11 is 2.05. The van der Waals surface area contributed by atoms with Crippen LogP contribution in [0.2, 0.25) is 0 Å². The van der Waals surface area contributed by atoms with Crippen LogP contribution < -0.4 is 10.6 Å². The van der Waals surface area contributed by atoms with Gasteiger partial charge in [-0.2, -0.15) is 11.8 Å². The van der Waals surface area contributed by atoms with Crippen LogP contribution in [0.5, 0.6) is 0 Å². The lowest BCUT2D eigenvalue weighted by atomic mass is 9.95. The summed E-state index contributed by atoms with van der Waals surface area (Å²) in [5, 5.41) is 5.54. The predicted molar refractivity (Wildman–Crippen MR) is 108 cm³/mol. The van der Waals surface area contributed by atoms with Crippen molar-refractivity contribution in [3.8, 4) is 0 Å². The molecule has 6 heteroatoms. The van der Waals surface area contributed by atoms with Crippen molar-refractivity contribution in [2.45, 2.75) is 39.2 Å². The molecule has 2 heterocycles. The maximum absolute atomic E-state index is 12.1. The van der Waals surface area contributed by atoms with Gasteiger partial charge in [0.15, 0.2) is 0 Å². The van der Waals surface area contributed by atoms with Crippen LogP contribution in [-0.2, 0) is 9.59 Å². The number of thioether (sulfide) groups is 1. The van der Waals surface area contributed by atoms with Crippen LogP contribution in [0, 0.1) is 19.8 Å². The minimum atomic E-state index is -0.584. The Morgan fingerprint density at radius 1 is 1.15 bits per heavy atom. The Morgan fingerprint density at radius 2 is 1.92 bits per heavy atom. The first kappa shape index (κ1) is 19.2. The number of nitrogens with one attached hydrogen (secondary N) is 2. The molecule has 1 aromatic rings. The number of nitrogens with zero attached hydrogens (tertiary/aromatic N) is 1. The van der Waals surface area contributed by atoms with Gasteiger partial charge in [-0.3, -0.25) is 14.5 Å². The van der Waals surface area contributed by atoms with E-state index in [1.807, 2.05) is 32.0 Å². The molecule has 1 atom stereocenters. The Balaban J connectivity index is 1.41. The lowest BCUT2D eigenvalue weighted by molar-refractivity contribution is -0.136. The Bertz CT molecular complexity index is 650. The smallest absolute Gasteiger partial charge is 0.313 e. The van der Waals surface area contributed by atoms with E-state index in [9.17, 15) is 9.59 Å². The molecule has 0 radical (unpaired) electrons. The summed E-state index contributed by atoms with van der Waals surface area (Å²) in [5.41, 5.74) is 2.79. The van der Waals surface area contributed by atoms with Crippen molar-refractivity contribution in [3.63, 3.8) is 0 Å². The molecule has 142 valence electrons. The molecule has 2 N–H and O–H groups in total. The highest BCUT2D eigenvalue weighted by molar-refractivity contribution is 7.99. The average Bonchev–Trinajstić information content (AvgIpc) is 3.18. The fourth-order valence-corrected chi connectivity index (χ4v) is 4.97. The molecular formula is C20H29N3O2S. The van der Waals surface area contributed by atoms with Gasteiger partial charge in [0.05, 0.1) is 0 Å². The van der Waals surface area contributed by atoms with E-state index in [-0.39, 0.29) is 0 Å². The van der Waals surface area contributed by atoms with Crippen LogP contribution in [0.25, 0.3) is 0 Å². The lowest BCUT2D eigenvalue weighted by Crippen LogP contribution is -2.45. The van der Waals surface area contributed by atoms with Gasteiger partial charge in [0.2, 0.25) is 0 Å². The van der Waals surface area contributed by atoms with Crippen molar-refractivity contribution in [2.24, 2.45) is 5.92 Å². The van der Waals surface area contributed by atoms with Crippen molar-refractivity contribution >= 4 is 29.3 Å². The summed E-state index contributed by atoms with van der Waals surface area (Å²) in [7, 11) is 0. The summed E-state index contributed by atoms with van der Waals surface area (Å²) in [6.07, 6.45) is 3.50. The third kappa shape index (κ3) is 4.80. The van der Waals surface area contributed by atoms with Crippen molar-refractivity contribution in [1.82, 2.24) is 10.2 Å². The molecule has 2 saturated heterocycles. The number of hydrogen-bond acceptors (Lipinski definition) is 4. The monoisotopic (exact) mass is 375 g/mol. The molecule has 2 aliphatic rings. The van der Waals surface area contributed by atoms with Gasteiger partial charge in [-0.25, -0.2) is 0 Å². The lowest BCUT2D eigenvalue weighted by Gasteiger charge is -2.35. The standard InChI is InChI=1S/C20H29N3O2S/c1-14-4-3-5-18(15(14)2)22-20(25)19(24)21-12-16-6-9-23(10-7-16)17-8-11-26-13-17/h3-5,16-17H,6-13H2,1-2H3,(H,21,24)(H,22,25). The Kier molecular flexibility index (Phi) is 6.59. The topological polar surface area (TPSA) is 61.4 Å². The van der Waals surface area contributed by atoms with Crippen molar-refractivity contribution in [1.29, 1.82) is 0 Å². The molecule has 0 aromatic heterocycles. The number of carbonyl (C=O) groups excluding carboxylic acids is 2. The van der Waals surface area contributed by atoms with Crippen LogP contribution >= 0.6 is 11.8 Å². The van der Waals surface area contributed by atoms with Gasteiger partial charge >= 0.3 is 11.8 Å².